The third-order valence-electron chi connectivity index (χ3n) is 1.22. The number of rotatable bonds is 3. The highest BCUT2D eigenvalue weighted by atomic mass is 15.3. The summed E-state index contributed by atoms with van der Waals surface area (Å²) in [5, 5.41) is 0. The van der Waals surface area contributed by atoms with Crippen LogP contribution in [0.15, 0.2) is 0 Å². The molecular formula is C12H37N2+. The molecule has 0 aliphatic carbocycles. The van der Waals surface area contributed by atoms with E-state index in [0.717, 1.165) is 4.48 Å². The van der Waals surface area contributed by atoms with Gasteiger partial charge >= 0.3 is 0 Å². The van der Waals surface area contributed by atoms with E-state index in [-0.39, 0.29) is 22.3 Å². The van der Waals surface area contributed by atoms with Gasteiger partial charge in [0.25, 0.3) is 0 Å². The van der Waals surface area contributed by atoms with Gasteiger partial charge in [-0.05, 0) is 14.1 Å². The van der Waals surface area contributed by atoms with Crippen LogP contribution in [0.1, 0.15) is 36.1 Å². The molecule has 0 aromatic rings. The quantitative estimate of drug-likeness (QED) is 0.645. The molecule has 0 spiro atoms. The lowest BCUT2D eigenvalue weighted by atomic mass is 10.5. The molecule has 0 rings (SSSR count). The van der Waals surface area contributed by atoms with E-state index in [1.807, 2.05) is 13.8 Å². The summed E-state index contributed by atoms with van der Waals surface area (Å²) in [6.07, 6.45) is 0. The summed E-state index contributed by atoms with van der Waals surface area (Å²) in [5.41, 5.74) is 0. The van der Waals surface area contributed by atoms with Gasteiger partial charge in [-0.15, -0.1) is 0 Å². The molecule has 0 saturated carbocycles. The van der Waals surface area contributed by atoms with E-state index in [1.54, 1.807) is 0 Å². The SMILES string of the molecule is C.C.C.CC.CN(C)CC[N+](C)(C)C. The fraction of sp³-hybridized carbons (Fsp3) is 1.00. The highest BCUT2D eigenvalue weighted by Crippen LogP contribution is 1.88. The van der Waals surface area contributed by atoms with Crippen LogP contribution in [0.2, 0.25) is 0 Å². The molecule has 2 nitrogen and oxygen atoms in total. The van der Waals surface area contributed by atoms with Gasteiger partial charge in [-0.1, -0.05) is 36.1 Å². The van der Waals surface area contributed by atoms with Gasteiger partial charge in [0.15, 0.2) is 0 Å². The number of hydrogen-bond acceptors (Lipinski definition) is 1. The minimum Gasteiger partial charge on any atom is -0.330 e. The van der Waals surface area contributed by atoms with Crippen LogP contribution >= 0.6 is 0 Å². The standard InChI is InChI=1S/C7H19N2.C2H6.3CH4/c1-8(2)6-7-9(3,4)5;1-2;;;/h6-7H2,1-5H3;1-2H3;3*1H4/q+1;;;;. The van der Waals surface area contributed by atoms with Crippen LogP contribution in [0.3, 0.4) is 0 Å². The Labute approximate surface area is 94.5 Å². The average Bonchev–Trinajstić information content (AvgIpc) is 1.87. The third-order valence-corrected chi connectivity index (χ3v) is 1.22. The van der Waals surface area contributed by atoms with Gasteiger partial charge in [-0.25, -0.2) is 0 Å². The van der Waals surface area contributed by atoms with E-state index >= 15 is 0 Å². The van der Waals surface area contributed by atoms with Crippen LogP contribution < -0.4 is 0 Å². The zero-order valence-electron chi connectivity index (χ0n) is 9.31. The van der Waals surface area contributed by atoms with E-state index < -0.39 is 0 Å². The summed E-state index contributed by atoms with van der Waals surface area (Å²) < 4.78 is 1.05. The first-order chi connectivity index (χ1) is 4.92. The fourth-order valence-corrected chi connectivity index (χ4v) is 0.500. The van der Waals surface area contributed by atoms with E-state index in [2.05, 4.69) is 40.1 Å². The van der Waals surface area contributed by atoms with Crippen molar-refractivity contribution in [3.8, 4) is 0 Å². The van der Waals surface area contributed by atoms with Gasteiger partial charge in [-0.2, -0.15) is 0 Å². The molecule has 14 heavy (non-hydrogen) atoms. The topological polar surface area (TPSA) is 3.24 Å². The molecule has 2 heteroatoms. The Kier molecular flexibility index (Phi) is 32.1. The zero-order chi connectivity index (χ0) is 9.49. The molecule has 0 radical (unpaired) electrons. The zero-order valence-corrected chi connectivity index (χ0v) is 9.31. The summed E-state index contributed by atoms with van der Waals surface area (Å²) in [5.74, 6) is 0. The number of hydrogen-bond donors (Lipinski definition) is 0. The minimum atomic E-state index is 0. The smallest absolute Gasteiger partial charge is 0.0909 e. The fourth-order valence-electron chi connectivity index (χ4n) is 0.500. The van der Waals surface area contributed by atoms with Crippen LogP contribution in [-0.4, -0.2) is 57.7 Å². The van der Waals surface area contributed by atoms with Gasteiger partial charge in [-0.3, -0.25) is 0 Å². The second-order valence-electron chi connectivity index (χ2n) is 3.82. The maximum Gasteiger partial charge on any atom is 0.0909 e. The first-order valence-corrected chi connectivity index (χ1v) is 4.37. The summed E-state index contributed by atoms with van der Waals surface area (Å²) in [7, 11) is 10.8. The summed E-state index contributed by atoms with van der Waals surface area (Å²) in [4.78, 5) is 2.21. The van der Waals surface area contributed by atoms with Crippen molar-refractivity contribution < 1.29 is 4.48 Å². The lowest BCUT2D eigenvalue weighted by Crippen LogP contribution is -2.40. The number of nitrogens with zero attached hydrogens (tertiary/aromatic N) is 2. The molecule has 0 unspecified atom stereocenters. The Morgan fingerprint density at radius 3 is 1.21 bits per heavy atom. The third kappa shape index (κ3) is 40.6. The van der Waals surface area contributed by atoms with Gasteiger partial charge in [0, 0.05) is 6.54 Å². The van der Waals surface area contributed by atoms with Crippen molar-refractivity contribution in [3.05, 3.63) is 0 Å². The van der Waals surface area contributed by atoms with Crippen molar-refractivity contribution >= 4 is 0 Å². The van der Waals surface area contributed by atoms with Crippen molar-refractivity contribution in [2.75, 3.05) is 48.3 Å². The molecule has 0 fully saturated rings. The maximum absolute atomic E-state index is 2.21. The van der Waals surface area contributed by atoms with Gasteiger partial charge in [0.2, 0.25) is 0 Å². The Bertz CT molecular complexity index is 72.9. The highest BCUT2D eigenvalue weighted by molar-refractivity contribution is 4.38. The predicted octanol–water partition coefficient (Wildman–Crippen LogP) is 3.19. The van der Waals surface area contributed by atoms with Gasteiger partial charge < -0.3 is 9.38 Å². The molecule has 0 aromatic carbocycles. The second kappa shape index (κ2) is 15.4. The van der Waals surface area contributed by atoms with Crippen molar-refractivity contribution in [2.45, 2.75) is 36.1 Å². The molecule has 94 valence electrons. The second-order valence-corrected chi connectivity index (χ2v) is 3.82. The molecule has 0 aliphatic heterocycles. The van der Waals surface area contributed by atoms with Crippen LogP contribution in [0.4, 0.5) is 0 Å². The number of likely N-dealkylation sites (N-methyl/N-ethyl adjacent to an activating group) is 2. The number of quaternary nitrogens is 1. The van der Waals surface area contributed by atoms with Crippen molar-refractivity contribution in [2.24, 2.45) is 0 Å². The Balaban J connectivity index is -0.0000000505. The van der Waals surface area contributed by atoms with Crippen LogP contribution in [0.5, 0.6) is 0 Å². The normalized spacial score (nSPS) is 8.57. The summed E-state index contributed by atoms with van der Waals surface area (Å²) in [6, 6.07) is 0. The molecule has 0 aromatic heterocycles. The average molecular weight is 209 g/mol. The molecule has 0 aliphatic rings. The molecule has 0 saturated heterocycles. The monoisotopic (exact) mass is 209 g/mol. The summed E-state index contributed by atoms with van der Waals surface area (Å²) in [6.45, 7) is 6.39. The minimum absolute atomic E-state index is 0. The Morgan fingerprint density at radius 1 is 0.857 bits per heavy atom. The molecule has 0 amide bonds. The van der Waals surface area contributed by atoms with Crippen LogP contribution in [0, 0.1) is 0 Å². The maximum atomic E-state index is 2.21. The van der Waals surface area contributed by atoms with Crippen molar-refractivity contribution in [3.63, 3.8) is 0 Å². The van der Waals surface area contributed by atoms with Crippen LogP contribution in [0.25, 0.3) is 0 Å². The van der Waals surface area contributed by atoms with Gasteiger partial charge in [0.1, 0.15) is 0 Å². The van der Waals surface area contributed by atoms with E-state index in [9.17, 15) is 0 Å². The predicted molar refractivity (Wildman–Crippen MR) is 73.0 cm³/mol. The molecule has 0 bridgehead atoms. The summed E-state index contributed by atoms with van der Waals surface area (Å²) >= 11 is 0. The largest absolute Gasteiger partial charge is 0.330 e. The van der Waals surface area contributed by atoms with Crippen molar-refractivity contribution in [1.29, 1.82) is 0 Å². The van der Waals surface area contributed by atoms with E-state index in [4.69, 9.17) is 0 Å². The highest BCUT2D eigenvalue weighted by Gasteiger charge is 2.05. The first kappa shape index (κ1) is 29.2. The van der Waals surface area contributed by atoms with E-state index in [1.165, 1.54) is 13.1 Å². The first-order valence-electron chi connectivity index (χ1n) is 4.37. The van der Waals surface area contributed by atoms with E-state index in [0.29, 0.717) is 0 Å². The van der Waals surface area contributed by atoms with Gasteiger partial charge in [0.05, 0.1) is 27.7 Å². The molecular weight excluding hydrogens is 172 g/mol. The lowest BCUT2D eigenvalue weighted by molar-refractivity contribution is -0.869. The molecule has 0 atom stereocenters. The van der Waals surface area contributed by atoms with Crippen molar-refractivity contribution in [1.82, 2.24) is 4.90 Å². The lowest BCUT2D eigenvalue weighted by Gasteiger charge is -2.25. The Morgan fingerprint density at radius 2 is 1.14 bits per heavy atom. The Hall–Kier alpha value is -0.0800. The van der Waals surface area contributed by atoms with Crippen LogP contribution in [-0.2, 0) is 0 Å². The molecule has 0 N–H and O–H groups in total. The molecule has 0 heterocycles.